The Morgan fingerprint density at radius 2 is 1.97 bits per heavy atom. The number of benzene rings is 2. The lowest BCUT2D eigenvalue weighted by Gasteiger charge is -2.46. The molecular weight excluding hydrogens is 502 g/mol. The molecule has 0 spiro atoms. The minimum atomic E-state index is -0.461. The summed E-state index contributed by atoms with van der Waals surface area (Å²) in [6.45, 7) is 4.05. The Bertz CT molecular complexity index is 1260. The minimum absolute atomic E-state index is 0.00760. The molecule has 3 fully saturated rings. The second-order valence-electron chi connectivity index (χ2n) is 10.6. The van der Waals surface area contributed by atoms with Gasteiger partial charge in [0.05, 0.1) is 22.4 Å². The highest BCUT2D eigenvalue weighted by atomic mass is 32.2. The number of carbonyl (C=O) groups is 2. The Morgan fingerprint density at radius 3 is 2.74 bits per heavy atom. The van der Waals surface area contributed by atoms with Crippen LogP contribution in [0.2, 0.25) is 0 Å². The van der Waals surface area contributed by atoms with E-state index in [2.05, 4.69) is 16.0 Å². The van der Waals surface area contributed by atoms with Crippen molar-refractivity contribution >= 4 is 29.4 Å². The van der Waals surface area contributed by atoms with E-state index in [1.807, 2.05) is 72.3 Å². The molecule has 38 heavy (non-hydrogen) atoms. The summed E-state index contributed by atoms with van der Waals surface area (Å²) in [4.78, 5) is 31.4. The Hall–Kier alpha value is -3.05. The highest BCUT2D eigenvalue weighted by Crippen LogP contribution is 2.48. The van der Waals surface area contributed by atoms with Crippen LogP contribution >= 0.6 is 11.8 Å². The fourth-order valence-corrected chi connectivity index (χ4v) is 7.53. The number of aliphatic hydroxyl groups is 1. The zero-order chi connectivity index (χ0) is 26.4. The fraction of sp³-hybridized carbons (Fsp3) is 0.429. The second-order valence-corrected chi connectivity index (χ2v) is 11.7. The van der Waals surface area contributed by atoms with E-state index in [-0.39, 0.29) is 35.3 Å². The number of nitrogens with one attached hydrogen (secondary N) is 3. The van der Waals surface area contributed by atoms with Crippen LogP contribution < -0.4 is 25.6 Å². The average Bonchev–Trinajstić information content (AvgIpc) is 3.25. The van der Waals surface area contributed by atoms with Crippen LogP contribution in [0.15, 0.2) is 59.1 Å². The Kier molecular flexibility index (Phi) is 6.81. The van der Waals surface area contributed by atoms with Crippen LogP contribution in [-0.2, 0) is 4.79 Å². The van der Waals surface area contributed by atoms with E-state index < -0.39 is 6.10 Å². The van der Waals surface area contributed by atoms with Crippen molar-refractivity contribution in [2.24, 2.45) is 5.92 Å². The van der Waals surface area contributed by atoms with E-state index in [0.29, 0.717) is 35.9 Å². The Labute approximate surface area is 226 Å². The van der Waals surface area contributed by atoms with Gasteiger partial charge in [-0.3, -0.25) is 9.69 Å². The summed E-state index contributed by atoms with van der Waals surface area (Å²) in [6, 6.07) is 15.0. The van der Waals surface area contributed by atoms with Gasteiger partial charge in [-0.15, -0.1) is 0 Å². The summed E-state index contributed by atoms with van der Waals surface area (Å²) >= 11 is 1.50. The Balaban J connectivity index is 1.24. The van der Waals surface area contributed by atoms with Crippen molar-refractivity contribution in [2.45, 2.75) is 43.3 Å². The third-order valence-electron chi connectivity index (χ3n) is 7.70. The highest BCUT2D eigenvalue weighted by molar-refractivity contribution is 8.04. The molecule has 0 radical (unpaired) electrons. The average molecular weight is 536 g/mol. The number of piperidine rings is 2. The van der Waals surface area contributed by atoms with Gasteiger partial charge >= 0.3 is 6.03 Å². The largest absolute Gasteiger partial charge is 0.457 e. The molecule has 3 unspecified atom stereocenters. The number of anilines is 1. The van der Waals surface area contributed by atoms with Gasteiger partial charge in [0.2, 0.25) is 0 Å². The van der Waals surface area contributed by atoms with E-state index in [1.54, 1.807) is 0 Å². The molecule has 10 heteroatoms. The number of likely N-dealkylation sites (tertiary alicyclic amines) is 1. The van der Waals surface area contributed by atoms with Gasteiger partial charge in [-0.05, 0) is 69.3 Å². The van der Waals surface area contributed by atoms with Gasteiger partial charge in [-0.1, -0.05) is 30.0 Å². The van der Waals surface area contributed by atoms with Crippen LogP contribution in [0.1, 0.15) is 18.4 Å². The van der Waals surface area contributed by atoms with Gasteiger partial charge in [0.1, 0.15) is 11.5 Å². The normalized spacial score (nSPS) is 29.1. The molecule has 0 saturated carbocycles. The number of hydrogen-bond acceptors (Lipinski definition) is 7. The predicted molar refractivity (Wildman–Crippen MR) is 147 cm³/mol. The van der Waals surface area contributed by atoms with E-state index in [4.69, 9.17) is 4.74 Å². The number of hydrogen-bond donors (Lipinski definition) is 4. The first kappa shape index (κ1) is 25.2. The SMILES string of the molecule is Cc1cc(Oc2ccccc2)ccc1N1C(=O)NC2=C(C(=O)N[C@@H]3C[C@H](O)CN(C)C3)SC3NCCC1C23. The van der Waals surface area contributed by atoms with E-state index in [9.17, 15) is 14.7 Å². The number of amides is 3. The second kappa shape index (κ2) is 10.3. The maximum absolute atomic E-state index is 13.6. The number of urea groups is 1. The molecule has 0 aromatic heterocycles. The summed E-state index contributed by atoms with van der Waals surface area (Å²) in [5.41, 5.74) is 2.50. The molecule has 200 valence electrons. The van der Waals surface area contributed by atoms with Gasteiger partial charge in [0, 0.05) is 36.4 Å². The van der Waals surface area contributed by atoms with Crippen LogP contribution in [0.25, 0.3) is 0 Å². The lowest BCUT2D eigenvalue weighted by molar-refractivity contribution is -0.118. The van der Waals surface area contributed by atoms with Gasteiger partial charge in [-0.2, -0.15) is 0 Å². The molecule has 4 N–H and O–H groups in total. The molecule has 6 rings (SSSR count). The maximum Gasteiger partial charge on any atom is 0.326 e. The van der Waals surface area contributed by atoms with E-state index >= 15 is 0 Å². The number of thioether (sulfide) groups is 1. The maximum atomic E-state index is 13.6. The van der Waals surface area contributed by atoms with Crippen molar-refractivity contribution in [2.75, 3.05) is 31.6 Å². The van der Waals surface area contributed by atoms with Crippen molar-refractivity contribution in [3.05, 3.63) is 64.7 Å². The highest BCUT2D eigenvalue weighted by Gasteiger charge is 2.52. The van der Waals surface area contributed by atoms with Gasteiger partial charge < -0.3 is 30.7 Å². The summed E-state index contributed by atoms with van der Waals surface area (Å²) in [5.74, 6) is 1.27. The number of rotatable bonds is 5. The van der Waals surface area contributed by atoms with Gasteiger partial charge in [-0.25, -0.2) is 4.79 Å². The standard InChI is InChI=1S/C28H33N5O4S/c1-16-12-20(37-19-6-4-3-5-7-19)8-9-21(16)33-22-10-11-29-27-23(22)24(31-28(33)36)25(38-27)26(35)30-17-13-18(34)15-32(2)14-17/h3-9,12,17-18,22-23,27,29,34H,10-11,13-15H2,1-2H3,(H,30,35)(H,31,36)/t17-,18+,22?,23?,27?/m1/s1. The summed E-state index contributed by atoms with van der Waals surface area (Å²) in [7, 11) is 1.94. The zero-order valence-electron chi connectivity index (χ0n) is 21.5. The van der Waals surface area contributed by atoms with E-state index in [1.165, 1.54) is 11.8 Å². The molecule has 3 saturated heterocycles. The van der Waals surface area contributed by atoms with Crippen molar-refractivity contribution < 1.29 is 19.4 Å². The van der Waals surface area contributed by atoms with Crippen LogP contribution in [0.5, 0.6) is 11.5 Å². The molecule has 3 amide bonds. The molecule has 4 aliphatic heterocycles. The number of β-amino-alcohol motifs (C(OH)–C–C–N with tert-alkyl or cyclic N) is 1. The van der Waals surface area contributed by atoms with Crippen LogP contribution in [0.3, 0.4) is 0 Å². The summed E-state index contributed by atoms with van der Waals surface area (Å²) in [5, 5.41) is 19.9. The topological polar surface area (TPSA) is 106 Å². The third kappa shape index (κ3) is 4.77. The van der Waals surface area contributed by atoms with Crippen LogP contribution in [-0.4, -0.2) is 72.2 Å². The lowest BCUT2D eigenvalue weighted by Crippen LogP contribution is -2.62. The molecule has 9 nitrogen and oxygen atoms in total. The number of aryl methyl sites for hydroxylation is 1. The molecular formula is C28H33N5O4S. The molecule has 2 aromatic carbocycles. The monoisotopic (exact) mass is 535 g/mol. The minimum Gasteiger partial charge on any atom is -0.457 e. The first-order valence-corrected chi connectivity index (χ1v) is 14.0. The molecule has 4 aliphatic rings. The quantitative estimate of drug-likeness (QED) is 0.467. The summed E-state index contributed by atoms with van der Waals surface area (Å²) < 4.78 is 5.99. The lowest BCUT2D eigenvalue weighted by atomic mass is 9.86. The third-order valence-corrected chi connectivity index (χ3v) is 9.06. The Morgan fingerprint density at radius 1 is 1.16 bits per heavy atom. The van der Waals surface area contributed by atoms with Crippen molar-refractivity contribution in [3.63, 3.8) is 0 Å². The predicted octanol–water partition coefficient (Wildman–Crippen LogP) is 2.76. The fourth-order valence-electron chi connectivity index (χ4n) is 6.13. The number of nitrogens with zero attached hydrogens (tertiary/aromatic N) is 2. The first-order valence-electron chi connectivity index (χ1n) is 13.1. The molecule has 0 bridgehead atoms. The van der Waals surface area contributed by atoms with Crippen molar-refractivity contribution in [1.29, 1.82) is 0 Å². The van der Waals surface area contributed by atoms with Gasteiger partial charge in [0.25, 0.3) is 5.91 Å². The van der Waals surface area contributed by atoms with Crippen molar-refractivity contribution in [1.82, 2.24) is 20.9 Å². The van der Waals surface area contributed by atoms with Gasteiger partial charge in [0.15, 0.2) is 0 Å². The number of ether oxygens (including phenoxy) is 1. The van der Waals surface area contributed by atoms with E-state index in [0.717, 1.165) is 30.0 Å². The number of para-hydroxylation sites is 1. The molecule has 5 atom stereocenters. The summed E-state index contributed by atoms with van der Waals surface area (Å²) in [6.07, 6.45) is 0.854. The number of likely N-dealkylation sites (N-methyl/N-ethyl adjacent to an activating group) is 1. The first-order chi connectivity index (χ1) is 18.4. The number of carbonyl (C=O) groups excluding carboxylic acids is 2. The number of aliphatic hydroxyl groups excluding tert-OH is 1. The zero-order valence-corrected chi connectivity index (χ0v) is 22.3. The molecule has 0 aliphatic carbocycles. The van der Waals surface area contributed by atoms with Crippen LogP contribution in [0, 0.1) is 12.8 Å². The molecule has 4 heterocycles. The molecule has 2 aromatic rings. The smallest absolute Gasteiger partial charge is 0.326 e. The van der Waals surface area contributed by atoms with Crippen LogP contribution in [0.4, 0.5) is 10.5 Å². The van der Waals surface area contributed by atoms with Crippen molar-refractivity contribution in [3.8, 4) is 11.5 Å².